The van der Waals surface area contributed by atoms with E-state index < -0.39 is 0 Å². The molecule has 2 aromatic heterocycles. The predicted octanol–water partition coefficient (Wildman–Crippen LogP) is 1.88. The zero-order valence-corrected chi connectivity index (χ0v) is 15.7. The smallest absolute Gasteiger partial charge is 0.252 e. The zero-order chi connectivity index (χ0) is 19.2. The minimum absolute atomic E-state index is 0.0224. The largest absolute Gasteiger partial charge is 0.497 e. The van der Waals surface area contributed by atoms with E-state index >= 15 is 0 Å². The number of carbonyl (C=O) groups excluding carboxylic acids is 1. The number of hydrogen-bond donors (Lipinski definition) is 1. The normalized spacial score (nSPS) is 10.8. The van der Waals surface area contributed by atoms with Gasteiger partial charge in [0.1, 0.15) is 24.4 Å². The molecule has 0 spiro atoms. The van der Waals surface area contributed by atoms with Gasteiger partial charge in [0.05, 0.1) is 13.7 Å². The van der Waals surface area contributed by atoms with Gasteiger partial charge in [-0.2, -0.15) is 10.1 Å². The van der Waals surface area contributed by atoms with Gasteiger partial charge in [0, 0.05) is 17.8 Å². The molecule has 8 heteroatoms. The molecule has 2 heterocycles. The Bertz CT molecular complexity index is 921. The molecule has 142 valence electrons. The van der Waals surface area contributed by atoms with Crippen LogP contribution in [-0.4, -0.2) is 45.8 Å². The zero-order valence-electron chi connectivity index (χ0n) is 15.7. The van der Waals surface area contributed by atoms with Crippen molar-refractivity contribution in [3.63, 3.8) is 0 Å². The van der Waals surface area contributed by atoms with E-state index in [4.69, 9.17) is 9.47 Å². The van der Waals surface area contributed by atoms with Crippen molar-refractivity contribution in [1.29, 1.82) is 0 Å². The van der Waals surface area contributed by atoms with Crippen molar-refractivity contribution in [3.05, 3.63) is 47.5 Å². The summed E-state index contributed by atoms with van der Waals surface area (Å²) in [5, 5.41) is 7.04. The Morgan fingerprint density at radius 1 is 1.19 bits per heavy atom. The summed E-state index contributed by atoms with van der Waals surface area (Å²) in [6.07, 6.45) is 2.46. The van der Waals surface area contributed by atoms with Crippen LogP contribution in [0.3, 0.4) is 0 Å². The maximum absolute atomic E-state index is 12.1. The number of benzene rings is 1. The van der Waals surface area contributed by atoms with E-state index in [0.717, 1.165) is 28.5 Å². The first kappa shape index (κ1) is 18.6. The average molecular weight is 369 g/mol. The quantitative estimate of drug-likeness (QED) is 0.610. The third-order valence-corrected chi connectivity index (χ3v) is 4.34. The third kappa shape index (κ3) is 4.52. The Balaban J connectivity index is 1.44. The molecule has 0 atom stereocenters. The monoisotopic (exact) mass is 369 g/mol. The molecule has 1 N–H and O–H groups in total. The molecule has 1 aromatic carbocycles. The molecule has 3 aromatic rings. The van der Waals surface area contributed by atoms with Crippen molar-refractivity contribution >= 4 is 11.7 Å². The molecule has 0 saturated carbocycles. The summed E-state index contributed by atoms with van der Waals surface area (Å²) in [7, 11) is 1.62. The summed E-state index contributed by atoms with van der Waals surface area (Å²) in [4.78, 5) is 20.6. The maximum Gasteiger partial charge on any atom is 0.252 e. The van der Waals surface area contributed by atoms with Crippen LogP contribution < -0.4 is 14.8 Å². The number of nitrogens with one attached hydrogen (secondary N) is 1. The molecule has 0 aliphatic heterocycles. The number of aromatic nitrogens is 4. The number of carbonyl (C=O) groups is 1. The Morgan fingerprint density at radius 3 is 2.67 bits per heavy atom. The average Bonchev–Trinajstić information content (AvgIpc) is 3.14. The number of hydrogen-bond acceptors (Lipinski definition) is 6. The van der Waals surface area contributed by atoms with Crippen LogP contribution in [0.2, 0.25) is 0 Å². The molecule has 0 bridgehead atoms. The highest BCUT2D eigenvalue weighted by Crippen LogP contribution is 2.17. The third-order valence-electron chi connectivity index (χ3n) is 4.34. The number of aryl methyl sites for hydroxylation is 2. The van der Waals surface area contributed by atoms with Crippen LogP contribution in [-0.2, 0) is 11.2 Å². The SMILES string of the molecule is COc1ccc(OCCNC(=O)CCc2c(C)nc3ncnn3c2C)cc1. The van der Waals surface area contributed by atoms with Gasteiger partial charge >= 0.3 is 0 Å². The minimum Gasteiger partial charge on any atom is -0.497 e. The molecule has 8 nitrogen and oxygen atoms in total. The summed E-state index contributed by atoms with van der Waals surface area (Å²) < 4.78 is 12.4. The first-order valence-corrected chi connectivity index (χ1v) is 8.78. The van der Waals surface area contributed by atoms with Crippen LogP contribution in [0.15, 0.2) is 30.6 Å². The summed E-state index contributed by atoms with van der Waals surface area (Å²) in [6.45, 7) is 4.75. The van der Waals surface area contributed by atoms with Crippen molar-refractivity contribution in [2.75, 3.05) is 20.3 Å². The molecule has 27 heavy (non-hydrogen) atoms. The number of ether oxygens (including phenoxy) is 2. The number of rotatable bonds is 8. The standard InChI is InChI=1S/C19H23N5O3/c1-13-17(14(2)24-19(23-13)21-12-22-24)8-9-18(25)20-10-11-27-16-6-4-15(26-3)5-7-16/h4-7,12H,8-11H2,1-3H3,(H,20,25). The first-order valence-electron chi connectivity index (χ1n) is 8.78. The second-order valence-electron chi connectivity index (χ2n) is 6.11. The van der Waals surface area contributed by atoms with Gasteiger partial charge in [0.2, 0.25) is 5.91 Å². The van der Waals surface area contributed by atoms with Gasteiger partial charge in [-0.15, -0.1) is 0 Å². The van der Waals surface area contributed by atoms with Gasteiger partial charge in [0.25, 0.3) is 5.78 Å². The fraction of sp³-hybridized carbons (Fsp3) is 0.368. The number of methoxy groups -OCH3 is 1. The van der Waals surface area contributed by atoms with Gasteiger partial charge in [-0.1, -0.05) is 0 Å². The van der Waals surface area contributed by atoms with Crippen molar-refractivity contribution in [2.24, 2.45) is 0 Å². The van der Waals surface area contributed by atoms with Crippen LogP contribution in [0, 0.1) is 13.8 Å². The second kappa shape index (κ2) is 8.48. The van der Waals surface area contributed by atoms with E-state index in [9.17, 15) is 4.79 Å². The van der Waals surface area contributed by atoms with Gasteiger partial charge in [-0.25, -0.2) is 9.50 Å². The molecule has 0 aliphatic carbocycles. The van der Waals surface area contributed by atoms with Gasteiger partial charge in [0.15, 0.2) is 0 Å². The van der Waals surface area contributed by atoms with Crippen molar-refractivity contribution in [3.8, 4) is 11.5 Å². The molecular weight excluding hydrogens is 346 g/mol. The molecule has 0 saturated heterocycles. The predicted molar refractivity (Wildman–Crippen MR) is 100 cm³/mol. The highest BCUT2D eigenvalue weighted by atomic mass is 16.5. The summed E-state index contributed by atoms with van der Waals surface area (Å²) >= 11 is 0. The Kier molecular flexibility index (Phi) is 5.85. The van der Waals surface area contributed by atoms with Crippen molar-refractivity contribution in [2.45, 2.75) is 26.7 Å². The summed E-state index contributed by atoms with van der Waals surface area (Å²) in [5.41, 5.74) is 2.87. The van der Waals surface area contributed by atoms with E-state index in [1.54, 1.807) is 11.6 Å². The van der Waals surface area contributed by atoms with Gasteiger partial charge < -0.3 is 14.8 Å². The summed E-state index contributed by atoms with van der Waals surface area (Å²) in [5.74, 6) is 2.07. The van der Waals surface area contributed by atoms with Crippen molar-refractivity contribution < 1.29 is 14.3 Å². The Morgan fingerprint density at radius 2 is 1.93 bits per heavy atom. The van der Waals surface area contributed by atoms with E-state index in [1.807, 2.05) is 38.1 Å². The van der Waals surface area contributed by atoms with Crippen LogP contribution in [0.25, 0.3) is 5.78 Å². The highest BCUT2D eigenvalue weighted by Gasteiger charge is 2.12. The first-order chi connectivity index (χ1) is 13.1. The number of fused-ring (bicyclic) bond motifs is 1. The number of nitrogens with zero attached hydrogens (tertiary/aromatic N) is 4. The highest BCUT2D eigenvalue weighted by molar-refractivity contribution is 5.76. The topological polar surface area (TPSA) is 90.6 Å². The second-order valence-corrected chi connectivity index (χ2v) is 6.11. The van der Waals surface area contributed by atoms with Crippen LogP contribution >= 0.6 is 0 Å². The molecule has 0 radical (unpaired) electrons. The van der Waals surface area contributed by atoms with Gasteiger partial charge in [-0.05, 0) is 50.1 Å². The van der Waals surface area contributed by atoms with Crippen LogP contribution in [0.5, 0.6) is 11.5 Å². The summed E-state index contributed by atoms with van der Waals surface area (Å²) in [6, 6.07) is 7.33. The van der Waals surface area contributed by atoms with E-state index in [0.29, 0.717) is 31.8 Å². The molecule has 0 unspecified atom stereocenters. The van der Waals surface area contributed by atoms with Gasteiger partial charge in [-0.3, -0.25) is 4.79 Å². The number of amides is 1. The fourth-order valence-electron chi connectivity index (χ4n) is 2.88. The van der Waals surface area contributed by atoms with Crippen LogP contribution in [0.1, 0.15) is 23.4 Å². The Labute approximate surface area is 157 Å². The molecular formula is C19H23N5O3. The lowest BCUT2D eigenvalue weighted by atomic mass is 10.1. The van der Waals surface area contributed by atoms with E-state index in [-0.39, 0.29) is 5.91 Å². The lowest BCUT2D eigenvalue weighted by Gasteiger charge is -2.11. The molecule has 3 rings (SSSR count). The van der Waals surface area contributed by atoms with Crippen LogP contribution in [0.4, 0.5) is 0 Å². The maximum atomic E-state index is 12.1. The lowest BCUT2D eigenvalue weighted by molar-refractivity contribution is -0.121. The molecule has 0 aliphatic rings. The minimum atomic E-state index is -0.0224. The molecule has 1 amide bonds. The molecule has 0 fully saturated rings. The van der Waals surface area contributed by atoms with Crippen molar-refractivity contribution in [1.82, 2.24) is 24.9 Å². The van der Waals surface area contributed by atoms with E-state index in [2.05, 4.69) is 20.4 Å². The van der Waals surface area contributed by atoms with E-state index in [1.165, 1.54) is 6.33 Å². The fourth-order valence-corrected chi connectivity index (χ4v) is 2.88. The lowest BCUT2D eigenvalue weighted by Crippen LogP contribution is -2.28. The Hall–Kier alpha value is -3.16.